The standard InChI is InChI=1S/C9H15N5OS/c1-3-9(2,7(10)16)8(15)11-4-6-12-5-13-14-6/h5H,3-4H2,1-2H3,(H2,10,16)(H,11,15)(H,12,13,14). The predicted octanol–water partition coefficient (Wildman–Crippen LogP) is 0.123. The molecule has 0 bridgehead atoms. The molecule has 88 valence electrons. The maximum absolute atomic E-state index is 11.9. The lowest BCUT2D eigenvalue weighted by molar-refractivity contribution is -0.127. The maximum Gasteiger partial charge on any atom is 0.233 e. The highest BCUT2D eigenvalue weighted by molar-refractivity contribution is 7.80. The molecule has 0 fully saturated rings. The summed E-state index contributed by atoms with van der Waals surface area (Å²) in [6.07, 6.45) is 1.94. The van der Waals surface area contributed by atoms with E-state index in [4.69, 9.17) is 18.0 Å². The van der Waals surface area contributed by atoms with Crippen molar-refractivity contribution in [2.24, 2.45) is 11.1 Å². The summed E-state index contributed by atoms with van der Waals surface area (Å²) >= 11 is 4.90. The number of nitrogens with two attached hydrogens (primary N) is 1. The van der Waals surface area contributed by atoms with Crippen LogP contribution in [0, 0.1) is 5.41 Å². The van der Waals surface area contributed by atoms with E-state index in [2.05, 4.69) is 20.5 Å². The van der Waals surface area contributed by atoms with E-state index in [-0.39, 0.29) is 17.4 Å². The van der Waals surface area contributed by atoms with Crippen LogP contribution in [0.4, 0.5) is 0 Å². The number of nitrogens with zero attached hydrogens (tertiary/aromatic N) is 2. The normalized spacial score (nSPS) is 14.1. The number of carbonyl (C=O) groups is 1. The number of carbonyl (C=O) groups excluding carboxylic acids is 1. The lowest BCUT2D eigenvalue weighted by Gasteiger charge is -2.25. The van der Waals surface area contributed by atoms with Crippen LogP contribution in [0.25, 0.3) is 0 Å². The zero-order valence-corrected chi connectivity index (χ0v) is 10.1. The molecule has 0 saturated heterocycles. The van der Waals surface area contributed by atoms with Gasteiger partial charge in [0.1, 0.15) is 12.2 Å². The average molecular weight is 241 g/mol. The van der Waals surface area contributed by atoms with Gasteiger partial charge >= 0.3 is 0 Å². The Balaban J connectivity index is 2.60. The quantitative estimate of drug-likeness (QED) is 0.636. The Labute approximate surface area is 99.0 Å². The van der Waals surface area contributed by atoms with Gasteiger partial charge in [0.15, 0.2) is 0 Å². The number of hydrogen-bond donors (Lipinski definition) is 3. The Morgan fingerprint density at radius 3 is 2.88 bits per heavy atom. The van der Waals surface area contributed by atoms with E-state index < -0.39 is 5.41 Å². The summed E-state index contributed by atoms with van der Waals surface area (Å²) in [7, 11) is 0. The molecule has 0 aromatic carbocycles. The number of rotatable bonds is 5. The molecule has 7 heteroatoms. The molecule has 1 aromatic heterocycles. The molecular weight excluding hydrogens is 226 g/mol. The molecule has 0 spiro atoms. The zero-order chi connectivity index (χ0) is 12.2. The van der Waals surface area contributed by atoms with Crippen LogP contribution in [0.2, 0.25) is 0 Å². The first-order valence-corrected chi connectivity index (χ1v) is 5.34. The van der Waals surface area contributed by atoms with E-state index >= 15 is 0 Å². The third-order valence-electron chi connectivity index (χ3n) is 2.63. The van der Waals surface area contributed by atoms with E-state index in [1.165, 1.54) is 6.33 Å². The first-order chi connectivity index (χ1) is 7.50. The first-order valence-electron chi connectivity index (χ1n) is 4.93. The Morgan fingerprint density at radius 1 is 1.75 bits per heavy atom. The van der Waals surface area contributed by atoms with Crippen LogP contribution in [0.5, 0.6) is 0 Å². The number of hydrogen-bond acceptors (Lipinski definition) is 4. The Morgan fingerprint density at radius 2 is 2.44 bits per heavy atom. The molecule has 0 aliphatic heterocycles. The highest BCUT2D eigenvalue weighted by Gasteiger charge is 2.34. The summed E-state index contributed by atoms with van der Waals surface area (Å²) in [6.45, 7) is 3.88. The van der Waals surface area contributed by atoms with Gasteiger partial charge in [0.05, 0.1) is 16.9 Å². The van der Waals surface area contributed by atoms with Crippen molar-refractivity contribution in [2.75, 3.05) is 0 Å². The second kappa shape index (κ2) is 5.02. The van der Waals surface area contributed by atoms with Crippen LogP contribution in [0.3, 0.4) is 0 Å². The molecule has 1 heterocycles. The van der Waals surface area contributed by atoms with Crippen molar-refractivity contribution in [1.29, 1.82) is 0 Å². The monoisotopic (exact) mass is 241 g/mol. The fourth-order valence-electron chi connectivity index (χ4n) is 1.12. The van der Waals surface area contributed by atoms with Gasteiger partial charge in [-0.1, -0.05) is 19.1 Å². The van der Waals surface area contributed by atoms with E-state index in [9.17, 15) is 4.79 Å². The molecule has 1 unspecified atom stereocenters. The second-order valence-corrected chi connectivity index (χ2v) is 4.10. The molecule has 0 aliphatic rings. The van der Waals surface area contributed by atoms with E-state index in [1.807, 2.05) is 6.92 Å². The number of thiocarbonyl (C=S) groups is 1. The van der Waals surface area contributed by atoms with Gasteiger partial charge in [-0.15, -0.1) is 0 Å². The highest BCUT2D eigenvalue weighted by atomic mass is 32.1. The van der Waals surface area contributed by atoms with Crippen LogP contribution in [-0.4, -0.2) is 26.1 Å². The largest absolute Gasteiger partial charge is 0.392 e. The van der Waals surface area contributed by atoms with Crippen molar-refractivity contribution in [3.05, 3.63) is 12.2 Å². The molecule has 16 heavy (non-hydrogen) atoms. The molecule has 0 aliphatic carbocycles. The summed E-state index contributed by atoms with van der Waals surface area (Å²) < 4.78 is 0. The summed E-state index contributed by atoms with van der Waals surface area (Å²) in [6, 6.07) is 0. The van der Waals surface area contributed by atoms with Gasteiger partial charge in [0, 0.05) is 0 Å². The van der Waals surface area contributed by atoms with Gasteiger partial charge in [-0.05, 0) is 13.3 Å². The van der Waals surface area contributed by atoms with Gasteiger partial charge in [0.25, 0.3) is 0 Å². The summed E-state index contributed by atoms with van der Waals surface area (Å²) in [5.41, 5.74) is 4.76. The minimum absolute atomic E-state index is 0.195. The van der Waals surface area contributed by atoms with E-state index in [1.54, 1.807) is 6.92 Å². The molecule has 1 amide bonds. The Kier molecular flexibility index (Phi) is 3.94. The molecule has 0 saturated carbocycles. The van der Waals surface area contributed by atoms with Crippen molar-refractivity contribution < 1.29 is 4.79 Å². The van der Waals surface area contributed by atoms with Crippen molar-refractivity contribution >= 4 is 23.1 Å². The van der Waals surface area contributed by atoms with Gasteiger partial charge in [-0.25, -0.2) is 4.98 Å². The summed E-state index contributed by atoms with van der Waals surface area (Å²) in [4.78, 5) is 16.0. The fourth-order valence-corrected chi connectivity index (χ4v) is 1.36. The number of amides is 1. The van der Waals surface area contributed by atoms with Gasteiger partial charge in [-0.2, -0.15) is 5.10 Å². The zero-order valence-electron chi connectivity index (χ0n) is 9.28. The average Bonchev–Trinajstić information content (AvgIpc) is 2.77. The lowest BCUT2D eigenvalue weighted by atomic mass is 9.86. The first kappa shape index (κ1) is 12.6. The third kappa shape index (κ3) is 2.54. The van der Waals surface area contributed by atoms with Crippen molar-refractivity contribution in [1.82, 2.24) is 20.5 Å². The highest BCUT2D eigenvalue weighted by Crippen LogP contribution is 2.21. The van der Waals surface area contributed by atoms with E-state index in [0.717, 1.165) is 0 Å². The Bertz CT molecular complexity index is 377. The smallest absolute Gasteiger partial charge is 0.233 e. The van der Waals surface area contributed by atoms with E-state index in [0.29, 0.717) is 12.2 Å². The maximum atomic E-state index is 11.9. The molecule has 6 nitrogen and oxygen atoms in total. The third-order valence-corrected chi connectivity index (χ3v) is 3.08. The summed E-state index contributed by atoms with van der Waals surface area (Å²) in [5, 5.41) is 9.05. The van der Waals surface area contributed by atoms with Crippen molar-refractivity contribution in [2.45, 2.75) is 26.8 Å². The SMILES string of the molecule is CCC(C)(C(=O)NCc1ncn[nH]1)C(N)=S. The molecule has 1 atom stereocenters. The topological polar surface area (TPSA) is 96.7 Å². The lowest BCUT2D eigenvalue weighted by Crippen LogP contribution is -2.46. The molecule has 1 rings (SSSR count). The molecule has 1 aromatic rings. The van der Waals surface area contributed by atoms with Gasteiger partial charge in [-0.3, -0.25) is 9.89 Å². The fraction of sp³-hybridized carbons (Fsp3) is 0.556. The van der Waals surface area contributed by atoms with Crippen LogP contribution in [0.15, 0.2) is 6.33 Å². The number of H-pyrrole nitrogens is 1. The van der Waals surface area contributed by atoms with Crippen LogP contribution in [0.1, 0.15) is 26.1 Å². The molecular formula is C9H15N5OS. The minimum atomic E-state index is -0.810. The van der Waals surface area contributed by atoms with Gasteiger partial charge in [0.2, 0.25) is 5.91 Å². The molecule has 0 radical (unpaired) electrons. The number of aromatic nitrogens is 3. The minimum Gasteiger partial charge on any atom is -0.392 e. The second-order valence-electron chi connectivity index (χ2n) is 3.66. The predicted molar refractivity (Wildman–Crippen MR) is 63.4 cm³/mol. The number of nitrogens with one attached hydrogen (secondary N) is 2. The molecule has 4 N–H and O–H groups in total. The van der Waals surface area contributed by atoms with Crippen molar-refractivity contribution in [3.8, 4) is 0 Å². The number of aromatic amines is 1. The summed E-state index contributed by atoms with van der Waals surface area (Å²) in [5.74, 6) is 0.397. The van der Waals surface area contributed by atoms with Gasteiger partial charge < -0.3 is 11.1 Å². The van der Waals surface area contributed by atoms with Crippen LogP contribution >= 0.6 is 12.2 Å². The van der Waals surface area contributed by atoms with Crippen LogP contribution < -0.4 is 11.1 Å². The van der Waals surface area contributed by atoms with Crippen molar-refractivity contribution in [3.63, 3.8) is 0 Å². The Hall–Kier alpha value is -1.50. The van der Waals surface area contributed by atoms with Crippen LogP contribution in [-0.2, 0) is 11.3 Å².